The molecule has 0 aliphatic heterocycles. The molecule has 2 aromatic rings. The lowest BCUT2D eigenvalue weighted by molar-refractivity contribution is 0.481. The van der Waals surface area contributed by atoms with Gasteiger partial charge in [-0.2, -0.15) is 0 Å². The minimum atomic E-state index is 0.0398. The first kappa shape index (κ1) is 6.78. The number of nitrogens with zero attached hydrogens (tertiary/aromatic N) is 1. The fourth-order valence-corrected chi connectivity index (χ4v) is 1.14. The Kier molecular flexibility index (Phi) is 1.15. The maximum atomic E-state index is 9.35. The Bertz CT molecular complexity index is 434. The molecule has 0 saturated carbocycles. The van der Waals surface area contributed by atoms with Crippen LogP contribution in [0.15, 0.2) is 12.1 Å². The summed E-state index contributed by atoms with van der Waals surface area (Å²) in [5.41, 5.74) is 12.4. The number of nitrogens with two attached hydrogens (primary N) is 2. The predicted molar refractivity (Wildman–Crippen MR) is 46.6 cm³/mol. The van der Waals surface area contributed by atoms with Crippen LogP contribution < -0.4 is 11.5 Å². The Balaban J connectivity index is 2.88. The van der Waals surface area contributed by atoms with E-state index in [1.165, 1.54) is 6.07 Å². The van der Waals surface area contributed by atoms with Crippen LogP contribution >= 0.6 is 0 Å². The normalized spacial score (nSPS) is 10.7. The monoisotopic (exact) mass is 164 g/mol. The number of phenolic OH excluding ortho intramolecular Hbond substituents is 1. The van der Waals surface area contributed by atoms with E-state index in [1.54, 1.807) is 6.07 Å². The highest BCUT2D eigenvalue weighted by Gasteiger charge is 2.05. The quantitative estimate of drug-likeness (QED) is 0.424. The molecule has 0 spiro atoms. The predicted octanol–water partition coefficient (Wildman–Crippen LogP) is 0.433. The summed E-state index contributed by atoms with van der Waals surface area (Å²) in [4.78, 5) is 6.64. The van der Waals surface area contributed by atoms with Gasteiger partial charge in [-0.1, -0.05) is 0 Å². The topological polar surface area (TPSA) is 101 Å². The summed E-state index contributed by atoms with van der Waals surface area (Å²) < 4.78 is 0. The number of hydrogen-bond acceptors (Lipinski definition) is 4. The van der Waals surface area contributed by atoms with E-state index in [0.29, 0.717) is 16.7 Å². The summed E-state index contributed by atoms with van der Waals surface area (Å²) in [5.74, 6) is 0.309. The number of benzene rings is 1. The van der Waals surface area contributed by atoms with Gasteiger partial charge in [-0.3, -0.25) is 0 Å². The number of phenols is 1. The van der Waals surface area contributed by atoms with Crippen molar-refractivity contribution in [3.8, 4) is 5.75 Å². The highest BCUT2D eigenvalue weighted by atomic mass is 16.3. The molecule has 1 aromatic heterocycles. The van der Waals surface area contributed by atoms with E-state index >= 15 is 0 Å². The van der Waals surface area contributed by atoms with E-state index in [-0.39, 0.29) is 11.7 Å². The van der Waals surface area contributed by atoms with Crippen molar-refractivity contribution < 1.29 is 5.11 Å². The molecule has 5 heteroatoms. The Morgan fingerprint density at radius 1 is 1.33 bits per heavy atom. The second kappa shape index (κ2) is 2.04. The summed E-state index contributed by atoms with van der Waals surface area (Å²) in [6, 6.07) is 3.10. The molecule has 0 aliphatic carbocycles. The van der Waals surface area contributed by atoms with Crippen molar-refractivity contribution >= 4 is 22.7 Å². The summed E-state index contributed by atoms with van der Waals surface area (Å²) in [5, 5.41) is 9.35. The lowest BCUT2D eigenvalue weighted by atomic mass is 10.2. The maximum absolute atomic E-state index is 9.35. The maximum Gasteiger partial charge on any atom is 0.198 e. The van der Waals surface area contributed by atoms with Crippen molar-refractivity contribution in [2.75, 3.05) is 11.5 Å². The van der Waals surface area contributed by atoms with Crippen LogP contribution in [0.5, 0.6) is 5.75 Å². The number of hydrogen-bond donors (Lipinski definition) is 4. The molecule has 1 heterocycles. The molecule has 6 N–H and O–H groups in total. The molecule has 2 rings (SSSR count). The largest absolute Gasteiger partial charge is 0.506 e. The van der Waals surface area contributed by atoms with Gasteiger partial charge in [-0.25, -0.2) is 4.98 Å². The third kappa shape index (κ3) is 0.833. The van der Waals surface area contributed by atoms with Crippen molar-refractivity contribution in [3.05, 3.63) is 12.1 Å². The average molecular weight is 164 g/mol. The van der Waals surface area contributed by atoms with Gasteiger partial charge in [-0.05, 0) is 6.07 Å². The van der Waals surface area contributed by atoms with Crippen LogP contribution in [-0.2, 0) is 0 Å². The first-order valence-electron chi connectivity index (χ1n) is 3.40. The van der Waals surface area contributed by atoms with Gasteiger partial charge in [0.1, 0.15) is 11.3 Å². The third-order valence-corrected chi connectivity index (χ3v) is 1.61. The second-order valence-electron chi connectivity index (χ2n) is 2.56. The minimum Gasteiger partial charge on any atom is -0.506 e. The Morgan fingerprint density at radius 2 is 2.08 bits per heavy atom. The number of H-pyrrole nitrogens is 1. The van der Waals surface area contributed by atoms with Gasteiger partial charge in [0.05, 0.1) is 5.52 Å². The Morgan fingerprint density at radius 3 is 2.83 bits per heavy atom. The minimum absolute atomic E-state index is 0.0398. The highest BCUT2D eigenvalue weighted by molar-refractivity contribution is 5.86. The summed E-state index contributed by atoms with van der Waals surface area (Å²) >= 11 is 0. The van der Waals surface area contributed by atoms with Crippen LogP contribution in [0.4, 0.5) is 11.6 Å². The van der Waals surface area contributed by atoms with Gasteiger partial charge < -0.3 is 21.6 Å². The number of aromatic amines is 1. The summed E-state index contributed by atoms with van der Waals surface area (Å²) in [6.45, 7) is 0. The number of fused-ring (bicyclic) bond motifs is 1. The van der Waals surface area contributed by atoms with E-state index in [2.05, 4.69) is 9.97 Å². The van der Waals surface area contributed by atoms with Crippen LogP contribution in [0.25, 0.3) is 11.0 Å². The zero-order valence-corrected chi connectivity index (χ0v) is 6.20. The van der Waals surface area contributed by atoms with Crippen LogP contribution in [0.2, 0.25) is 0 Å². The molecule has 0 amide bonds. The first-order chi connectivity index (χ1) is 5.66. The Labute approximate surface area is 68.0 Å². The van der Waals surface area contributed by atoms with Crippen LogP contribution in [-0.4, -0.2) is 15.1 Å². The lowest BCUT2D eigenvalue weighted by Crippen LogP contribution is -1.84. The zero-order chi connectivity index (χ0) is 8.72. The number of aromatic hydroxyl groups is 1. The molecular formula is C7H8N4O. The van der Waals surface area contributed by atoms with Gasteiger partial charge in [-0.15, -0.1) is 0 Å². The number of aromatic nitrogens is 2. The van der Waals surface area contributed by atoms with E-state index in [1.807, 2.05) is 0 Å². The number of imidazole rings is 1. The van der Waals surface area contributed by atoms with Crippen molar-refractivity contribution in [1.82, 2.24) is 9.97 Å². The first-order valence-corrected chi connectivity index (χ1v) is 3.40. The van der Waals surface area contributed by atoms with Crippen molar-refractivity contribution in [2.45, 2.75) is 0 Å². The van der Waals surface area contributed by atoms with Crippen molar-refractivity contribution in [3.63, 3.8) is 0 Å². The fraction of sp³-hybridized carbons (Fsp3) is 0. The number of anilines is 2. The van der Waals surface area contributed by atoms with Crippen LogP contribution in [0.1, 0.15) is 0 Å². The van der Waals surface area contributed by atoms with E-state index in [9.17, 15) is 5.11 Å². The molecule has 0 aliphatic rings. The summed E-state index contributed by atoms with van der Waals surface area (Å²) in [7, 11) is 0. The van der Waals surface area contributed by atoms with Crippen molar-refractivity contribution in [1.29, 1.82) is 0 Å². The second-order valence-corrected chi connectivity index (χ2v) is 2.56. The molecule has 62 valence electrons. The summed E-state index contributed by atoms with van der Waals surface area (Å²) in [6.07, 6.45) is 0. The molecule has 0 atom stereocenters. The highest BCUT2D eigenvalue weighted by Crippen LogP contribution is 2.25. The van der Waals surface area contributed by atoms with E-state index in [4.69, 9.17) is 11.5 Å². The SMILES string of the molecule is Nc1cc(O)c2nc(N)[nH]c2c1. The van der Waals surface area contributed by atoms with Gasteiger partial charge >= 0.3 is 0 Å². The lowest BCUT2D eigenvalue weighted by Gasteiger charge is -1.94. The number of nitrogen functional groups attached to an aromatic ring is 2. The van der Waals surface area contributed by atoms with Gasteiger partial charge in [0, 0.05) is 11.8 Å². The fourth-order valence-electron chi connectivity index (χ4n) is 1.14. The molecule has 0 unspecified atom stereocenters. The molecule has 1 aromatic carbocycles. The average Bonchev–Trinajstić information content (AvgIpc) is 2.29. The standard InChI is InChI=1S/C7H8N4O/c8-3-1-4-6(5(12)2-3)11-7(9)10-4/h1-2,12H,8H2,(H3,9,10,11). The van der Waals surface area contributed by atoms with Gasteiger partial charge in [0.2, 0.25) is 0 Å². The molecule has 5 nitrogen and oxygen atoms in total. The third-order valence-electron chi connectivity index (χ3n) is 1.61. The Hall–Kier alpha value is -1.91. The molecular weight excluding hydrogens is 156 g/mol. The van der Waals surface area contributed by atoms with Crippen LogP contribution in [0, 0.1) is 0 Å². The van der Waals surface area contributed by atoms with Crippen molar-refractivity contribution in [2.24, 2.45) is 0 Å². The number of rotatable bonds is 0. The van der Waals surface area contributed by atoms with Gasteiger partial charge in [0.25, 0.3) is 0 Å². The zero-order valence-electron chi connectivity index (χ0n) is 6.20. The molecule has 0 radical (unpaired) electrons. The molecule has 0 fully saturated rings. The molecule has 12 heavy (non-hydrogen) atoms. The van der Waals surface area contributed by atoms with E-state index < -0.39 is 0 Å². The number of nitrogens with one attached hydrogen (secondary N) is 1. The molecule has 0 saturated heterocycles. The van der Waals surface area contributed by atoms with Gasteiger partial charge in [0.15, 0.2) is 5.95 Å². The smallest absolute Gasteiger partial charge is 0.198 e. The van der Waals surface area contributed by atoms with E-state index in [0.717, 1.165) is 0 Å². The van der Waals surface area contributed by atoms with Crippen LogP contribution in [0.3, 0.4) is 0 Å². The molecule has 0 bridgehead atoms.